The van der Waals surface area contributed by atoms with Crippen molar-refractivity contribution >= 4 is 27.6 Å². The fourth-order valence-electron chi connectivity index (χ4n) is 4.63. The lowest BCUT2D eigenvalue weighted by Crippen LogP contribution is -2.34. The molecule has 0 atom stereocenters. The maximum atomic E-state index is 12.7. The normalized spacial score (nSPS) is 14.3. The summed E-state index contributed by atoms with van der Waals surface area (Å²) in [5, 5.41) is 4.86. The Morgan fingerprint density at radius 1 is 0.968 bits per heavy atom. The van der Waals surface area contributed by atoms with Gasteiger partial charge in [-0.15, -0.1) is 0 Å². The summed E-state index contributed by atoms with van der Waals surface area (Å²) in [5.41, 5.74) is 7.14. The number of aromatic nitrogens is 3. The zero-order chi connectivity index (χ0) is 21.2. The summed E-state index contributed by atoms with van der Waals surface area (Å²) in [5.74, 6) is 0. The van der Waals surface area contributed by atoms with Gasteiger partial charge in [0, 0.05) is 17.5 Å². The van der Waals surface area contributed by atoms with Gasteiger partial charge in [0.2, 0.25) is 0 Å². The van der Waals surface area contributed by atoms with Crippen LogP contribution in [0.4, 0.5) is 5.69 Å². The molecule has 0 fully saturated rings. The molecule has 0 radical (unpaired) electrons. The van der Waals surface area contributed by atoms with Crippen molar-refractivity contribution in [3.05, 3.63) is 100 Å². The molecule has 1 aliphatic rings. The molecule has 152 valence electrons. The Morgan fingerprint density at radius 3 is 2.58 bits per heavy atom. The number of nitrogens with zero attached hydrogens (tertiary/aromatic N) is 2. The molecule has 31 heavy (non-hydrogen) atoms. The van der Waals surface area contributed by atoms with E-state index >= 15 is 0 Å². The van der Waals surface area contributed by atoms with Crippen LogP contribution in [0.3, 0.4) is 0 Å². The van der Waals surface area contributed by atoms with Gasteiger partial charge >= 0.3 is 0 Å². The van der Waals surface area contributed by atoms with Crippen LogP contribution in [0.25, 0.3) is 27.6 Å². The second-order valence-corrected chi connectivity index (χ2v) is 8.74. The van der Waals surface area contributed by atoms with E-state index in [-0.39, 0.29) is 11.1 Å². The van der Waals surface area contributed by atoms with Gasteiger partial charge in [-0.25, -0.2) is 4.98 Å². The Balaban J connectivity index is 1.58. The van der Waals surface area contributed by atoms with E-state index < -0.39 is 0 Å². The molecule has 0 saturated heterocycles. The molecular weight excluding hydrogens is 384 g/mol. The van der Waals surface area contributed by atoms with Gasteiger partial charge < -0.3 is 14.9 Å². The van der Waals surface area contributed by atoms with Gasteiger partial charge in [0.15, 0.2) is 0 Å². The number of fused-ring (bicyclic) bond motifs is 6. The van der Waals surface area contributed by atoms with Crippen LogP contribution in [0.2, 0.25) is 0 Å². The minimum absolute atomic E-state index is 0.140. The molecule has 1 aliphatic heterocycles. The summed E-state index contributed by atoms with van der Waals surface area (Å²) in [4.78, 5) is 20.5. The van der Waals surface area contributed by atoms with Gasteiger partial charge in [-0.05, 0) is 43.7 Å². The number of para-hydroxylation sites is 1. The molecule has 0 amide bonds. The second kappa shape index (κ2) is 6.32. The summed E-state index contributed by atoms with van der Waals surface area (Å²) in [6.45, 7) is 4.35. The van der Waals surface area contributed by atoms with Crippen molar-refractivity contribution in [2.45, 2.75) is 25.8 Å². The molecular formula is C26H22N4O. The van der Waals surface area contributed by atoms with Crippen molar-refractivity contribution in [2.24, 2.45) is 0 Å². The second-order valence-electron chi connectivity index (χ2n) is 8.74. The lowest BCUT2D eigenvalue weighted by molar-refractivity contribution is 0.564. The van der Waals surface area contributed by atoms with E-state index in [9.17, 15) is 4.79 Å². The number of benzene rings is 3. The van der Waals surface area contributed by atoms with Crippen LogP contribution in [0.5, 0.6) is 0 Å². The molecule has 0 unspecified atom stereocenters. The van der Waals surface area contributed by atoms with Gasteiger partial charge in [-0.3, -0.25) is 4.79 Å². The fraction of sp³-hybridized carbons (Fsp3) is 0.154. The van der Waals surface area contributed by atoms with Gasteiger partial charge in [0.05, 0.1) is 33.5 Å². The van der Waals surface area contributed by atoms with E-state index in [1.54, 1.807) is 0 Å². The molecule has 0 bridgehead atoms. The highest BCUT2D eigenvalue weighted by Gasteiger charge is 2.32. The number of H-pyrrole nitrogens is 1. The number of aromatic amines is 1. The number of nitrogens with one attached hydrogen (secondary N) is 2. The van der Waals surface area contributed by atoms with Crippen molar-refractivity contribution in [3.63, 3.8) is 0 Å². The largest absolute Gasteiger partial charge is 0.373 e. The Labute approximate surface area is 179 Å². The first-order chi connectivity index (χ1) is 15.0. The number of rotatable bonds is 2. The number of hydrogen-bond acceptors (Lipinski definition) is 3. The predicted molar refractivity (Wildman–Crippen MR) is 125 cm³/mol. The standard InChI is InChI=1S/C26H22N4O/c1-26(2)24-13-17-10-6-7-11-22(17)30(24)23-15-19-18(14-20(23)29-26)28-25(31)21(27-19)12-16-8-4-3-5-9-16/h3-11,13-15,29H,12H2,1-2H3,(H,28,31). The van der Waals surface area contributed by atoms with Crippen molar-refractivity contribution in [2.75, 3.05) is 5.32 Å². The highest BCUT2D eigenvalue weighted by atomic mass is 16.1. The summed E-state index contributed by atoms with van der Waals surface area (Å²) in [7, 11) is 0. The average Bonchev–Trinajstić information content (AvgIpc) is 3.15. The SMILES string of the molecule is CC1(C)Nc2cc3[nH]c(=O)c(Cc4ccccc4)nc3cc2-n2c1cc1ccccc12. The minimum atomic E-state index is -0.249. The third-order valence-corrected chi connectivity index (χ3v) is 6.13. The van der Waals surface area contributed by atoms with E-state index in [1.807, 2.05) is 36.4 Å². The maximum absolute atomic E-state index is 12.7. The molecule has 0 saturated carbocycles. The summed E-state index contributed by atoms with van der Waals surface area (Å²) in [6, 6.07) is 24.7. The third kappa shape index (κ3) is 2.77. The van der Waals surface area contributed by atoms with Crippen molar-refractivity contribution in [3.8, 4) is 5.69 Å². The molecule has 0 spiro atoms. The van der Waals surface area contributed by atoms with E-state index in [1.165, 1.54) is 16.6 Å². The predicted octanol–water partition coefficient (Wildman–Crippen LogP) is 5.12. The Hall–Kier alpha value is -3.86. The van der Waals surface area contributed by atoms with E-state index in [4.69, 9.17) is 4.98 Å². The minimum Gasteiger partial charge on any atom is -0.373 e. The van der Waals surface area contributed by atoms with Gasteiger partial charge in [0.25, 0.3) is 5.56 Å². The molecule has 6 rings (SSSR count). The molecule has 3 aromatic carbocycles. The Morgan fingerprint density at radius 2 is 1.74 bits per heavy atom. The van der Waals surface area contributed by atoms with E-state index in [0.717, 1.165) is 28.0 Å². The zero-order valence-corrected chi connectivity index (χ0v) is 17.4. The molecule has 0 aliphatic carbocycles. The van der Waals surface area contributed by atoms with Crippen LogP contribution in [0.15, 0.2) is 77.6 Å². The highest BCUT2D eigenvalue weighted by Crippen LogP contribution is 2.41. The third-order valence-electron chi connectivity index (χ3n) is 6.13. The lowest BCUT2D eigenvalue weighted by Gasteiger charge is -2.35. The monoisotopic (exact) mass is 406 g/mol. The van der Waals surface area contributed by atoms with E-state index in [2.05, 4.69) is 65.1 Å². The molecule has 5 aromatic rings. The van der Waals surface area contributed by atoms with Crippen LogP contribution in [0.1, 0.15) is 30.8 Å². The summed E-state index contributed by atoms with van der Waals surface area (Å²) in [6.07, 6.45) is 0.506. The van der Waals surface area contributed by atoms with Crippen molar-refractivity contribution < 1.29 is 0 Å². The quantitative estimate of drug-likeness (QED) is 0.428. The topological polar surface area (TPSA) is 62.7 Å². The van der Waals surface area contributed by atoms with Crippen LogP contribution < -0.4 is 10.9 Å². The van der Waals surface area contributed by atoms with Crippen LogP contribution in [-0.4, -0.2) is 14.5 Å². The van der Waals surface area contributed by atoms with Crippen molar-refractivity contribution in [1.29, 1.82) is 0 Å². The van der Waals surface area contributed by atoms with Gasteiger partial charge in [-0.2, -0.15) is 0 Å². The van der Waals surface area contributed by atoms with Crippen LogP contribution in [-0.2, 0) is 12.0 Å². The van der Waals surface area contributed by atoms with Crippen LogP contribution in [0, 0.1) is 0 Å². The highest BCUT2D eigenvalue weighted by molar-refractivity contribution is 5.91. The smallest absolute Gasteiger partial charge is 0.270 e. The molecule has 5 heteroatoms. The molecule has 2 N–H and O–H groups in total. The first kappa shape index (κ1) is 18.0. The fourth-order valence-corrected chi connectivity index (χ4v) is 4.63. The molecule has 5 nitrogen and oxygen atoms in total. The number of anilines is 1. The maximum Gasteiger partial charge on any atom is 0.270 e. The Bertz CT molecular complexity index is 1530. The van der Waals surface area contributed by atoms with Gasteiger partial charge in [-0.1, -0.05) is 48.5 Å². The Kier molecular flexibility index (Phi) is 3.66. The van der Waals surface area contributed by atoms with E-state index in [0.29, 0.717) is 12.1 Å². The van der Waals surface area contributed by atoms with Gasteiger partial charge in [0.1, 0.15) is 5.69 Å². The molecule has 2 aromatic heterocycles. The zero-order valence-electron chi connectivity index (χ0n) is 17.4. The average molecular weight is 406 g/mol. The number of hydrogen-bond donors (Lipinski definition) is 2. The summed E-state index contributed by atoms with van der Waals surface area (Å²) < 4.78 is 2.31. The summed E-state index contributed by atoms with van der Waals surface area (Å²) >= 11 is 0. The molecule has 3 heterocycles. The van der Waals surface area contributed by atoms with Crippen molar-refractivity contribution in [1.82, 2.24) is 14.5 Å². The lowest BCUT2D eigenvalue weighted by atomic mass is 9.96. The first-order valence-electron chi connectivity index (χ1n) is 10.5. The first-order valence-corrected chi connectivity index (χ1v) is 10.5. The van der Waals surface area contributed by atoms with Crippen LogP contribution >= 0.6 is 0 Å².